The molecule has 0 fully saturated rings. The average molecular weight is 623 g/mol. The van der Waals surface area contributed by atoms with Gasteiger partial charge in [-0.2, -0.15) is 0 Å². The number of nitrogens with two attached hydrogens (primary N) is 1. The first-order chi connectivity index (χ1) is 21.5. The summed E-state index contributed by atoms with van der Waals surface area (Å²) < 4.78 is 1.22. The van der Waals surface area contributed by atoms with E-state index in [2.05, 4.69) is 31.6 Å². The molecule has 3 atom stereocenters. The lowest BCUT2D eigenvalue weighted by Gasteiger charge is -2.20. The van der Waals surface area contributed by atoms with Gasteiger partial charge in [-0.1, -0.05) is 65.9 Å². The zero-order valence-corrected chi connectivity index (χ0v) is 24.1. The molecule has 2 aromatic carbocycles. The summed E-state index contributed by atoms with van der Waals surface area (Å²) in [5.74, 6) is -5.22. The van der Waals surface area contributed by atoms with Crippen molar-refractivity contribution < 1.29 is 39.0 Å². The van der Waals surface area contributed by atoms with Crippen LogP contribution in [-0.2, 0) is 43.4 Å². The molecule has 0 saturated carbocycles. The number of rotatable bonds is 17. The van der Waals surface area contributed by atoms with Crippen molar-refractivity contribution in [2.45, 2.75) is 43.9 Å². The highest BCUT2D eigenvalue weighted by Crippen LogP contribution is 2.06. The minimum absolute atomic E-state index is 0.00474. The Balaban J connectivity index is 1.65. The van der Waals surface area contributed by atoms with Crippen LogP contribution in [0.4, 0.5) is 0 Å². The summed E-state index contributed by atoms with van der Waals surface area (Å²) in [6.07, 6.45) is 1.09. The molecular weight excluding hydrogens is 588 g/mol. The van der Waals surface area contributed by atoms with Gasteiger partial charge in [0.15, 0.2) is 5.69 Å². The topological polar surface area (TPSA) is 248 Å². The number of hydrogen-bond acceptors (Lipinski definition) is 9. The van der Waals surface area contributed by atoms with Gasteiger partial charge in [-0.15, -0.1) is 5.10 Å². The Bertz CT molecular complexity index is 1480. The first kappa shape index (κ1) is 33.9. The molecule has 4 amide bonds. The maximum absolute atomic E-state index is 13.2. The predicted molar refractivity (Wildman–Crippen MR) is 157 cm³/mol. The summed E-state index contributed by atoms with van der Waals surface area (Å²) in [6.45, 7) is -1.19. The highest BCUT2D eigenvalue weighted by molar-refractivity contribution is 5.97. The van der Waals surface area contributed by atoms with Crippen LogP contribution in [0.1, 0.15) is 28.0 Å². The molecule has 3 aromatic rings. The Labute approximate surface area is 257 Å². The van der Waals surface area contributed by atoms with Gasteiger partial charge in [0, 0.05) is 18.9 Å². The van der Waals surface area contributed by atoms with Crippen LogP contribution in [-0.4, -0.2) is 92.0 Å². The van der Waals surface area contributed by atoms with Crippen molar-refractivity contribution >= 4 is 35.6 Å². The highest BCUT2D eigenvalue weighted by atomic mass is 16.4. The molecule has 0 saturated heterocycles. The Morgan fingerprint density at radius 3 is 1.82 bits per heavy atom. The van der Waals surface area contributed by atoms with Gasteiger partial charge >= 0.3 is 11.9 Å². The number of benzene rings is 2. The van der Waals surface area contributed by atoms with Gasteiger partial charge in [0.05, 0.1) is 25.7 Å². The van der Waals surface area contributed by atoms with Crippen molar-refractivity contribution in [2.24, 2.45) is 5.73 Å². The molecule has 0 bridgehead atoms. The largest absolute Gasteiger partial charge is 0.481 e. The van der Waals surface area contributed by atoms with Crippen molar-refractivity contribution in [1.29, 1.82) is 0 Å². The van der Waals surface area contributed by atoms with Gasteiger partial charge in [-0.05, 0) is 11.1 Å². The highest BCUT2D eigenvalue weighted by Gasteiger charge is 2.26. The zero-order chi connectivity index (χ0) is 32.8. The number of amides is 4. The summed E-state index contributed by atoms with van der Waals surface area (Å²) in [4.78, 5) is 73.4. The van der Waals surface area contributed by atoms with Crippen LogP contribution < -0.4 is 27.0 Å². The molecule has 0 aliphatic carbocycles. The van der Waals surface area contributed by atoms with Crippen LogP contribution in [0, 0.1) is 0 Å². The standard InChI is InChI=1S/C29H34N8O8/c30-20(13-25(39)40)16-37-17-23(35-36-37)29(45)34-22(12-19-9-5-2-6-10-19)28(44)31-14-24(38)33-21(27(43)32-15-26(41)42)11-18-7-3-1-4-8-18/h1-10,17,20-22H,11-16,30H2,(H,31,44)(H,32,43)(H,33,38)(H,34,45)(H,39,40)(H,41,42)/t20-,21-,22-/m0/s1. The second-order valence-corrected chi connectivity index (χ2v) is 10.0. The fourth-order valence-corrected chi connectivity index (χ4v) is 4.19. The Hall–Kier alpha value is -5.64. The first-order valence-corrected chi connectivity index (χ1v) is 13.8. The monoisotopic (exact) mass is 622 g/mol. The fraction of sp³-hybridized carbons (Fsp3) is 0.310. The van der Waals surface area contributed by atoms with E-state index in [1.807, 2.05) is 0 Å². The van der Waals surface area contributed by atoms with E-state index in [0.29, 0.717) is 11.1 Å². The first-order valence-electron chi connectivity index (χ1n) is 13.8. The van der Waals surface area contributed by atoms with Crippen LogP contribution in [0.25, 0.3) is 0 Å². The normalized spacial score (nSPS) is 12.6. The van der Waals surface area contributed by atoms with Crippen LogP contribution in [0.15, 0.2) is 66.9 Å². The van der Waals surface area contributed by atoms with Crippen molar-refractivity contribution in [3.05, 3.63) is 83.7 Å². The average Bonchev–Trinajstić information content (AvgIpc) is 3.47. The molecule has 0 radical (unpaired) electrons. The van der Waals surface area contributed by atoms with Crippen molar-refractivity contribution in [2.75, 3.05) is 13.1 Å². The number of carboxylic acid groups (broad SMARTS) is 2. The summed E-state index contributed by atoms with van der Waals surface area (Å²) >= 11 is 0. The number of carboxylic acids is 2. The molecule has 1 heterocycles. The molecule has 45 heavy (non-hydrogen) atoms. The van der Waals surface area contributed by atoms with Crippen molar-refractivity contribution in [3.63, 3.8) is 0 Å². The lowest BCUT2D eigenvalue weighted by molar-refractivity contribution is -0.138. The number of nitrogens with one attached hydrogen (secondary N) is 4. The molecule has 8 N–H and O–H groups in total. The number of carbonyl (C=O) groups excluding carboxylic acids is 4. The predicted octanol–water partition coefficient (Wildman–Crippen LogP) is -1.53. The van der Waals surface area contributed by atoms with E-state index in [9.17, 15) is 28.8 Å². The van der Waals surface area contributed by atoms with Gasteiger partial charge in [0.2, 0.25) is 17.7 Å². The Morgan fingerprint density at radius 2 is 1.29 bits per heavy atom. The maximum atomic E-state index is 13.2. The SMILES string of the molecule is N[C@@H](CC(=O)O)Cn1cc(C(=O)N[C@@H](Cc2ccccc2)C(=O)NCC(=O)N[C@@H](Cc2ccccc2)C(=O)NCC(=O)O)nn1. The van der Waals surface area contributed by atoms with E-state index in [0.717, 1.165) is 0 Å². The third kappa shape index (κ3) is 11.9. The van der Waals surface area contributed by atoms with E-state index in [1.165, 1.54) is 10.9 Å². The van der Waals surface area contributed by atoms with Crippen LogP contribution in [0.5, 0.6) is 0 Å². The quantitative estimate of drug-likeness (QED) is 0.0909. The number of aromatic nitrogens is 3. The lowest BCUT2D eigenvalue weighted by Crippen LogP contribution is -2.53. The maximum Gasteiger partial charge on any atom is 0.322 e. The van der Waals surface area contributed by atoms with Crippen LogP contribution in [0.3, 0.4) is 0 Å². The molecule has 0 unspecified atom stereocenters. The van der Waals surface area contributed by atoms with Gasteiger partial charge in [-0.3, -0.25) is 33.4 Å². The fourth-order valence-electron chi connectivity index (χ4n) is 4.19. The van der Waals surface area contributed by atoms with Gasteiger partial charge in [-0.25, -0.2) is 0 Å². The van der Waals surface area contributed by atoms with Crippen LogP contribution in [0.2, 0.25) is 0 Å². The lowest BCUT2D eigenvalue weighted by atomic mass is 10.0. The molecule has 0 spiro atoms. The summed E-state index contributed by atoms with van der Waals surface area (Å²) in [5.41, 5.74) is 7.05. The van der Waals surface area contributed by atoms with E-state index < -0.39 is 66.8 Å². The Morgan fingerprint density at radius 1 is 0.756 bits per heavy atom. The molecule has 238 valence electrons. The van der Waals surface area contributed by atoms with E-state index in [4.69, 9.17) is 15.9 Å². The molecule has 1 aromatic heterocycles. The van der Waals surface area contributed by atoms with E-state index in [1.54, 1.807) is 60.7 Å². The molecular formula is C29H34N8O8. The second kappa shape index (κ2) is 16.9. The van der Waals surface area contributed by atoms with E-state index in [-0.39, 0.29) is 31.5 Å². The van der Waals surface area contributed by atoms with Crippen molar-refractivity contribution in [1.82, 2.24) is 36.3 Å². The summed E-state index contributed by atoms with van der Waals surface area (Å²) in [5, 5.41) is 35.2. The third-order valence-corrected chi connectivity index (χ3v) is 6.31. The number of hydrogen-bond donors (Lipinski definition) is 7. The van der Waals surface area contributed by atoms with Gasteiger partial charge in [0.25, 0.3) is 5.91 Å². The molecule has 3 rings (SSSR count). The molecule has 16 nitrogen and oxygen atoms in total. The Kier molecular flexibility index (Phi) is 12.7. The zero-order valence-electron chi connectivity index (χ0n) is 24.1. The van der Waals surface area contributed by atoms with Crippen molar-refractivity contribution in [3.8, 4) is 0 Å². The molecule has 16 heteroatoms. The molecule has 0 aliphatic rings. The minimum atomic E-state index is -1.25. The third-order valence-electron chi connectivity index (χ3n) is 6.31. The number of aliphatic carboxylic acids is 2. The smallest absolute Gasteiger partial charge is 0.322 e. The van der Waals surface area contributed by atoms with E-state index >= 15 is 0 Å². The molecule has 0 aliphatic heterocycles. The number of nitrogens with zero attached hydrogens (tertiary/aromatic N) is 3. The van der Waals surface area contributed by atoms with Gasteiger partial charge in [0.1, 0.15) is 18.6 Å². The summed E-state index contributed by atoms with van der Waals surface area (Å²) in [6, 6.07) is 14.5. The summed E-state index contributed by atoms with van der Waals surface area (Å²) in [7, 11) is 0. The van der Waals surface area contributed by atoms with Crippen LogP contribution >= 0.6 is 0 Å². The second-order valence-electron chi connectivity index (χ2n) is 10.0. The van der Waals surface area contributed by atoms with Gasteiger partial charge < -0.3 is 37.2 Å². The minimum Gasteiger partial charge on any atom is -0.481 e. The number of carbonyl (C=O) groups is 6.